The second kappa shape index (κ2) is 8.16. The van der Waals surface area contributed by atoms with Crippen molar-refractivity contribution in [1.82, 2.24) is 0 Å². The molecule has 1 aliphatic rings. The van der Waals surface area contributed by atoms with Gasteiger partial charge in [0.2, 0.25) is 0 Å². The largest absolute Gasteiger partial charge is 0.462 e. The minimum absolute atomic E-state index is 0.149. The standard InChI is InChI=1S/C19H15F3N2O4S/c1-2-28-17(26)11-6-8-13(9-7-11)23-15-16(25)24(18(27)29-15)14-5-3-4-12(10-14)19(20,21)22/h3-10,15,23H,2H2,1H3/t15-/m0/s1. The maximum absolute atomic E-state index is 12.9. The lowest BCUT2D eigenvalue weighted by Crippen LogP contribution is -2.34. The van der Waals surface area contributed by atoms with Crippen molar-refractivity contribution in [1.29, 1.82) is 0 Å². The molecule has 152 valence electrons. The molecule has 1 fully saturated rings. The quantitative estimate of drug-likeness (QED) is 0.712. The maximum Gasteiger partial charge on any atom is 0.416 e. The molecule has 1 aliphatic heterocycles. The third kappa shape index (κ3) is 4.53. The summed E-state index contributed by atoms with van der Waals surface area (Å²) in [5.41, 5.74) is -0.317. The van der Waals surface area contributed by atoms with Gasteiger partial charge in [0.15, 0.2) is 5.37 Å². The SMILES string of the molecule is CCOC(=O)c1ccc(N[C@H]2SC(=O)N(c3cccc(C(F)(F)F)c3)C2=O)cc1. The summed E-state index contributed by atoms with van der Waals surface area (Å²) < 4.78 is 43.6. The molecule has 2 aromatic carbocycles. The first-order chi connectivity index (χ1) is 13.7. The van der Waals surface area contributed by atoms with Crippen molar-refractivity contribution in [2.24, 2.45) is 0 Å². The zero-order valence-electron chi connectivity index (χ0n) is 15.0. The van der Waals surface area contributed by atoms with Crippen molar-refractivity contribution in [3.05, 3.63) is 59.7 Å². The number of carbonyl (C=O) groups is 3. The van der Waals surface area contributed by atoms with Gasteiger partial charge in [0.1, 0.15) is 0 Å². The lowest BCUT2D eigenvalue weighted by atomic mass is 10.2. The lowest BCUT2D eigenvalue weighted by Gasteiger charge is -2.16. The van der Waals surface area contributed by atoms with E-state index in [1.54, 1.807) is 6.92 Å². The Bertz CT molecular complexity index is 947. The van der Waals surface area contributed by atoms with Gasteiger partial charge in [-0.3, -0.25) is 9.59 Å². The van der Waals surface area contributed by atoms with E-state index in [-0.39, 0.29) is 12.3 Å². The Hall–Kier alpha value is -3.01. The molecule has 6 nitrogen and oxygen atoms in total. The second-order valence-electron chi connectivity index (χ2n) is 5.93. The van der Waals surface area contributed by atoms with Gasteiger partial charge in [0.05, 0.1) is 23.4 Å². The normalized spacial score (nSPS) is 16.8. The number of ether oxygens (including phenoxy) is 1. The van der Waals surface area contributed by atoms with Crippen LogP contribution >= 0.6 is 11.8 Å². The van der Waals surface area contributed by atoms with Crippen LogP contribution in [0.1, 0.15) is 22.8 Å². The number of carbonyl (C=O) groups excluding carboxylic acids is 3. The summed E-state index contributed by atoms with van der Waals surface area (Å²) >= 11 is 0.657. The first-order valence-corrected chi connectivity index (χ1v) is 9.34. The minimum atomic E-state index is -4.59. The summed E-state index contributed by atoms with van der Waals surface area (Å²) in [5.74, 6) is -1.18. The van der Waals surface area contributed by atoms with Crippen molar-refractivity contribution < 1.29 is 32.3 Å². The van der Waals surface area contributed by atoms with Crippen LogP contribution in [-0.4, -0.2) is 29.1 Å². The molecule has 0 radical (unpaired) electrons. The van der Waals surface area contributed by atoms with E-state index in [0.29, 0.717) is 27.9 Å². The zero-order valence-corrected chi connectivity index (χ0v) is 15.8. The van der Waals surface area contributed by atoms with Gasteiger partial charge in [-0.25, -0.2) is 9.69 Å². The van der Waals surface area contributed by atoms with E-state index in [2.05, 4.69) is 5.32 Å². The van der Waals surface area contributed by atoms with Crippen LogP contribution in [0.25, 0.3) is 0 Å². The number of hydrogen-bond donors (Lipinski definition) is 1. The Balaban J connectivity index is 1.75. The Morgan fingerprint density at radius 1 is 1.17 bits per heavy atom. The lowest BCUT2D eigenvalue weighted by molar-refractivity contribution is -0.137. The minimum Gasteiger partial charge on any atom is -0.462 e. The molecule has 2 aromatic rings. The molecule has 0 spiro atoms. The van der Waals surface area contributed by atoms with Gasteiger partial charge < -0.3 is 10.1 Å². The Morgan fingerprint density at radius 2 is 1.86 bits per heavy atom. The third-order valence-electron chi connectivity index (χ3n) is 3.97. The molecule has 2 amide bonds. The van der Waals surface area contributed by atoms with Crippen LogP contribution in [-0.2, 0) is 15.7 Å². The van der Waals surface area contributed by atoms with Gasteiger partial charge in [-0.1, -0.05) is 6.07 Å². The summed E-state index contributed by atoms with van der Waals surface area (Å²) in [6, 6.07) is 10.1. The van der Waals surface area contributed by atoms with Gasteiger partial charge >= 0.3 is 12.1 Å². The van der Waals surface area contributed by atoms with Crippen molar-refractivity contribution in [2.75, 3.05) is 16.8 Å². The van der Waals surface area contributed by atoms with Crippen molar-refractivity contribution in [3.8, 4) is 0 Å². The summed E-state index contributed by atoms with van der Waals surface area (Å²) in [7, 11) is 0. The molecule has 1 saturated heterocycles. The Labute approximate surface area is 168 Å². The predicted octanol–water partition coefficient (Wildman–Crippen LogP) is 4.52. The smallest absolute Gasteiger partial charge is 0.416 e. The van der Waals surface area contributed by atoms with Gasteiger partial charge in [0.25, 0.3) is 11.1 Å². The fraction of sp³-hybridized carbons (Fsp3) is 0.211. The molecular weight excluding hydrogens is 409 g/mol. The van der Waals surface area contributed by atoms with Crippen LogP contribution < -0.4 is 10.2 Å². The van der Waals surface area contributed by atoms with Gasteiger partial charge in [-0.05, 0) is 61.2 Å². The van der Waals surface area contributed by atoms with Crippen LogP contribution in [0.15, 0.2) is 48.5 Å². The monoisotopic (exact) mass is 424 g/mol. The highest BCUT2D eigenvalue weighted by Gasteiger charge is 2.41. The molecule has 29 heavy (non-hydrogen) atoms. The molecule has 0 saturated carbocycles. The van der Waals surface area contributed by atoms with E-state index in [1.165, 1.54) is 30.3 Å². The molecule has 1 atom stereocenters. The summed E-state index contributed by atoms with van der Waals surface area (Å²) in [6.07, 6.45) is -4.59. The van der Waals surface area contributed by atoms with Crippen LogP contribution in [0.2, 0.25) is 0 Å². The number of anilines is 2. The summed E-state index contributed by atoms with van der Waals surface area (Å²) in [4.78, 5) is 37.2. The second-order valence-corrected chi connectivity index (χ2v) is 6.98. The molecule has 0 bridgehead atoms. The van der Waals surface area contributed by atoms with Crippen molar-refractivity contribution >= 4 is 40.3 Å². The van der Waals surface area contributed by atoms with E-state index in [0.717, 1.165) is 18.2 Å². The number of hydrogen-bond acceptors (Lipinski definition) is 6. The number of thioether (sulfide) groups is 1. The van der Waals surface area contributed by atoms with E-state index in [9.17, 15) is 27.6 Å². The van der Waals surface area contributed by atoms with Gasteiger partial charge in [0, 0.05) is 5.69 Å². The molecular formula is C19H15F3N2O4S. The van der Waals surface area contributed by atoms with E-state index in [4.69, 9.17) is 4.74 Å². The molecule has 10 heteroatoms. The van der Waals surface area contributed by atoms with Crippen molar-refractivity contribution in [2.45, 2.75) is 18.5 Å². The topological polar surface area (TPSA) is 75.7 Å². The summed E-state index contributed by atoms with van der Waals surface area (Å²) in [5, 5.41) is 1.15. The van der Waals surface area contributed by atoms with Gasteiger partial charge in [-0.2, -0.15) is 13.2 Å². The number of alkyl halides is 3. The van der Waals surface area contributed by atoms with Crippen LogP contribution in [0, 0.1) is 0 Å². The zero-order chi connectivity index (χ0) is 21.2. The average molecular weight is 424 g/mol. The number of benzene rings is 2. The van der Waals surface area contributed by atoms with Crippen molar-refractivity contribution in [3.63, 3.8) is 0 Å². The fourth-order valence-electron chi connectivity index (χ4n) is 2.62. The maximum atomic E-state index is 12.9. The number of amides is 2. The molecule has 0 aliphatic carbocycles. The molecule has 1 N–H and O–H groups in total. The van der Waals surface area contributed by atoms with E-state index in [1.807, 2.05) is 0 Å². The van der Waals surface area contributed by atoms with Crippen LogP contribution in [0.3, 0.4) is 0 Å². The first kappa shape index (κ1) is 20.7. The number of halogens is 3. The molecule has 3 rings (SSSR count). The highest BCUT2D eigenvalue weighted by atomic mass is 32.2. The molecule has 1 heterocycles. The number of imide groups is 1. The van der Waals surface area contributed by atoms with Crippen LogP contribution in [0.5, 0.6) is 0 Å². The number of rotatable bonds is 5. The highest BCUT2D eigenvalue weighted by molar-refractivity contribution is 8.16. The highest BCUT2D eigenvalue weighted by Crippen LogP contribution is 2.36. The molecule has 0 aromatic heterocycles. The third-order valence-corrected chi connectivity index (χ3v) is 4.91. The summed E-state index contributed by atoms with van der Waals surface area (Å²) in [6.45, 7) is 1.92. The number of esters is 1. The van der Waals surface area contributed by atoms with E-state index < -0.39 is 34.2 Å². The number of nitrogens with zero attached hydrogens (tertiary/aromatic N) is 1. The van der Waals surface area contributed by atoms with Gasteiger partial charge in [-0.15, -0.1) is 0 Å². The fourth-order valence-corrected chi connectivity index (χ4v) is 3.53. The molecule has 0 unspecified atom stereocenters. The Kier molecular flexibility index (Phi) is 5.83. The average Bonchev–Trinajstić information content (AvgIpc) is 2.95. The Morgan fingerprint density at radius 3 is 2.48 bits per heavy atom. The first-order valence-electron chi connectivity index (χ1n) is 8.46. The van der Waals surface area contributed by atoms with Crippen LogP contribution in [0.4, 0.5) is 29.3 Å². The van der Waals surface area contributed by atoms with E-state index >= 15 is 0 Å². The number of nitrogens with one attached hydrogen (secondary N) is 1. The predicted molar refractivity (Wildman–Crippen MR) is 102 cm³/mol.